The standard InChI is InChI=1S/C19H21N3O3/c23-18-11-8-15(12-13-20-18)22-19(24)21-14-6-9-17(10-7-14)25-16-4-2-1-3-5-16/h1-7,9-10,15H,8,11-13H2,(H,20,23)(H2,21,22,24). The van der Waals surface area contributed by atoms with Crippen LogP contribution in [0.5, 0.6) is 11.5 Å². The van der Waals surface area contributed by atoms with E-state index in [0.717, 1.165) is 12.2 Å². The van der Waals surface area contributed by atoms with Gasteiger partial charge in [-0.25, -0.2) is 4.79 Å². The van der Waals surface area contributed by atoms with Crippen LogP contribution in [0.1, 0.15) is 19.3 Å². The fraction of sp³-hybridized carbons (Fsp3) is 0.263. The highest BCUT2D eigenvalue weighted by atomic mass is 16.5. The maximum absolute atomic E-state index is 12.1. The molecular weight excluding hydrogens is 318 g/mol. The smallest absolute Gasteiger partial charge is 0.319 e. The van der Waals surface area contributed by atoms with E-state index in [1.165, 1.54) is 0 Å². The second-order valence-electron chi connectivity index (χ2n) is 5.91. The fourth-order valence-electron chi connectivity index (χ4n) is 2.65. The lowest BCUT2D eigenvalue weighted by Gasteiger charge is -2.16. The van der Waals surface area contributed by atoms with Crippen LogP contribution in [0.25, 0.3) is 0 Å². The number of para-hydroxylation sites is 1. The van der Waals surface area contributed by atoms with E-state index >= 15 is 0 Å². The average molecular weight is 339 g/mol. The van der Waals surface area contributed by atoms with E-state index in [0.29, 0.717) is 30.8 Å². The van der Waals surface area contributed by atoms with Crippen molar-refractivity contribution in [2.24, 2.45) is 0 Å². The predicted octanol–water partition coefficient (Wildman–Crippen LogP) is 3.27. The third kappa shape index (κ3) is 5.24. The molecule has 6 nitrogen and oxygen atoms in total. The molecule has 25 heavy (non-hydrogen) atoms. The van der Waals surface area contributed by atoms with Crippen molar-refractivity contribution in [3.05, 3.63) is 54.6 Å². The Morgan fingerprint density at radius 1 is 1.00 bits per heavy atom. The maximum atomic E-state index is 12.1. The van der Waals surface area contributed by atoms with Crippen molar-refractivity contribution in [1.82, 2.24) is 10.6 Å². The predicted molar refractivity (Wildman–Crippen MR) is 95.8 cm³/mol. The van der Waals surface area contributed by atoms with Crippen LogP contribution in [0, 0.1) is 0 Å². The molecule has 6 heteroatoms. The van der Waals surface area contributed by atoms with Crippen LogP contribution in [0.2, 0.25) is 0 Å². The van der Waals surface area contributed by atoms with Crippen LogP contribution in [0.4, 0.5) is 10.5 Å². The fourth-order valence-corrected chi connectivity index (χ4v) is 2.65. The van der Waals surface area contributed by atoms with E-state index in [1.807, 2.05) is 30.3 Å². The van der Waals surface area contributed by atoms with E-state index in [1.54, 1.807) is 24.3 Å². The number of urea groups is 1. The number of anilines is 1. The first-order valence-electron chi connectivity index (χ1n) is 8.36. The largest absolute Gasteiger partial charge is 0.457 e. The van der Waals surface area contributed by atoms with Crippen molar-refractivity contribution in [1.29, 1.82) is 0 Å². The zero-order valence-corrected chi connectivity index (χ0v) is 13.8. The number of hydrogen-bond donors (Lipinski definition) is 3. The monoisotopic (exact) mass is 339 g/mol. The Morgan fingerprint density at radius 3 is 2.48 bits per heavy atom. The Labute approximate surface area is 146 Å². The normalized spacial score (nSPS) is 17.1. The van der Waals surface area contributed by atoms with Gasteiger partial charge in [0.2, 0.25) is 5.91 Å². The summed E-state index contributed by atoms with van der Waals surface area (Å²) in [5.41, 5.74) is 0.681. The molecule has 1 atom stereocenters. The molecule has 1 fully saturated rings. The number of benzene rings is 2. The van der Waals surface area contributed by atoms with Crippen LogP contribution in [-0.4, -0.2) is 24.5 Å². The lowest BCUT2D eigenvalue weighted by atomic mass is 10.1. The topological polar surface area (TPSA) is 79.5 Å². The van der Waals surface area contributed by atoms with Gasteiger partial charge in [-0.05, 0) is 49.2 Å². The van der Waals surface area contributed by atoms with Gasteiger partial charge in [-0.3, -0.25) is 4.79 Å². The summed E-state index contributed by atoms with van der Waals surface area (Å²) in [7, 11) is 0. The van der Waals surface area contributed by atoms with E-state index in [-0.39, 0.29) is 18.0 Å². The van der Waals surface area contributed by atoms with Crippen molar-refractivity contribution in [3.63, 3.8) is 0 Å². The average Bonchev–Trinajstić information content (AvgIpc) is 2.82. The minimum absolute atomic E-state index is 0.000336. The van der Waals surface area contributed by atoms with Gasteiger partial charge in [0.05, 0.1) is 0 Å². The summed E-state index contributed by atoms with van der Waals surface area (Å²) >= 11 is 0. The van der Waals surface area contributed by atoms with Crippen LogP contribution < -0.4 is 20.7 Å². The Bertz CT molecular complexity index is 716. The molecule has 0 spiro atoms. The molecule has 2 aromatic rings. The Kier molecular flexibility index (Phi) is 5.51. The van der Waals surface area contributed by atoms with Crippen molar-refractivity contribution in [2.75, 3.05) is 11.9 Å². The minimum atomic E-state index is -0.268. The van der Waals surface area contributed by atoms with Gasteiger partial charge >= 0.3 is 6.03 Å². The van der Waals surface area contributed by atoms with E-state index in [2.05, 4.69) is 16.0 Å². The molecule has 3 rings (SSSR count). The highest BCUT2D eigenvalue weighted by Gasteiger charge is 2.17. The number of carbonyl (C=O) groups is 2. The maximum Gasteiger partial charge on any atom is 0.319 e. The highest BCUT2D eigenvalue weighted by Crippen LogP contribution is 2.22. The van der Waals surface area contributed by atoms with Gasteiger partial charge in [-0.1, -0.05) is 18.2 Å². The van der Waals surface area contributed by atoms with Gasteiger partial charge in [0.1, 0.15) is 11.5 Å². The highest BCUT2D eigenvalue weighted by molar-refractivity contribution is 5.89. The number of ether oxygens (including phenoxy) is 1. The van der Waals surface area contributed by atoms with E-state index in [4.69, 9.17) is 4.74 Å². The molecule has 130 valence electrons. The second kappa shape index (κ2) is 8.19. The first-order valence-corrected chi connectivity index (χ1v) is 8.36. The third-order valence-electron chi connectivity index (χ3n) is 3.96. The molecule has 0 radical (unpaired) electrons. The molecule has 1 saturated heterocycles. The number of amides is 3. The summed E-state index contributed by atoms with van der Waals surface area (Å²) in [5, 5.41) is 8.51. The summed E-state index contributed by atoms with van der Waals surface area (Å²) in [6.07, 6.45) is 1.84. The minimum Gasteiger partial charge on any atom is -0.457 e. The molecule has 1 aliphatic rings. The summed E-state index contributed by atoms with van der Waals surface area (Å²) in [6.45, 7) is 0.593. The van der Waals surface area contributed by atoms with Gasteiger partial charge in [-0.15, -0.1) is 0 Å². The number of nitrogens with one attached hydrogen (secondary N) is 3. The molecule has 3 amide bonds. The zero-order valence-electron chi connectivity index (χ0n) is 13.8. The van der Waals surface area contributed by atoms with Crippen molar-refractivity contribution >= 4 is 17.6 Å². The van der Waals surface area contributed by atoms with Crippen LogP contribution in [-0.2, 0) is 4.79 Å². The summed E-state index contributed by atoms with van der Waals surface area (Å²) in [4.78, 5) is 23.4. The molecule has 1 aliphatic heterocycles. The number of carbonyl (C=O) groups excluding carboxylic acids is 2. The van der Waals surface area contributed by atoms with Gasteiger partial charge < -0.3 is 20.7 Å². The van der Waals surface area contributed by atoms with Crippen molar-refractivity contribution < 1.29 is 14.3 Å². The third-order valence-corrected chi connectivity index (χ3v) is 3.96. The first kappa shape index (κ1) is 16.8. The van der Waals surface area contributed by atoms with Crippen LogP contribution in [0.15, 0.2) is 54.6 Å². The first-order chi connectivity index (χ1) is 12.2. The van der Waals surface area contributed by atoms with E-state index in [9.17, 15) is 9.59 Å². The number of hydrogen-bond acceptors (Lipinski definition) is 3. The Morgan fingerprint density at radius 2 is 1.72 bits per heavy atom. The van der Waals surface area contributed by atoms with Crippen LogP contribution in [0.3, 0.4) is 0 Å². The SMILES string of the molecule is O=C1CCC(NC(=O)Nc2ccc(Oc3ccccc3)cc2)CCN1. The van der Waals surface area contributed by atoms with Gasteiger partial charge in [0.15, 0.2) is 0 Å². The molecule has 1 unspecified atom stereocenters. The Hall–Kier alpha value is -3.02. The van der Waals surface area contributed by atoms with Crippen molar-refractivity contribution in [2.45, 2.75) is 25.3 Å². The number of rotatable bonds is 4. The summed E-state index contributed by atoms with van der Waals surface area (Å²) in [5.74, 6) is 1.50. The quantitative estimate of drug-likeness (QED) is 0.800. The molecule has 0 bridgehead atoms. The molecule has 1 heterocycles. The lowest BCUT2D eigenvalue weighted by Crippen LogP contribution is -2.38. The molecular formula is C19H21N3O3. The molecule has 0 aliphatic carbocycles. The molecule has 0 saturated carbocycles. The summed E-state index contributed by atoms with van der Waals surface area (Å²) in [6, 6.07) is 16.4. The Balaban J connectivity index is 1.50. The van der Waals surface area contributed by atoms with Gasteiger partial charge in [0, 0.05) is 24.7 Å². The van der Waals surface area contributed by atoms with Gasteiger partial charge in [-0.2, -0.15) is 0 Å². The van der Waals surface area contributed by atoms with E-state index < -0.39 is 0 Å². The van der Waals surface area contributed by atoms with Crippen molar-refractivity contribution in [3.8, 4) is 11.5 Å². The second-order valence-corrected chi connectivity index (χ2v) is 5.91. The molecule has 3 N–H and O–H groups in total. The lowest BCUT2D eigenvalue weighted by molar-refractivity contribution is -0.120. The summed E-state index contributed by atoms with van der Waals surface area (Å²) < 4.78 is 5.72. The van der Waals surface area contributed by atoms with Crippen LogP contribution >= 0.6 is 0 Å². The molecule has 0 aromatic heterocycles. The zero-order chi connectivity index (χ0) is 17.5. The molecule has 2 aromatic carbocycles. The van der Waals surface area contributed by atoms with Gasteiger partial charge in [0.25, 0.3) is 0 Å².